The van der Waals surface area contributed by atoms with Crippen LogP contribution in [0.15, 0.2) is 0 Å². The van der Waals surface area contributed by atoms with Crippen LogP contribution in [0.5, 0.6) is 0 Å². The Balaban J connectivity index is 1.68. The maximum atomic E-state index is 5.69. The van der Waals surface area contributed by atoms with Crippen molar-refractivity contribution in [3.8, 4) is 0 Å². The summed E-state index contributed by atoms with van der Waals surface area (Å²) in [4.78, 5) is 0.840. The van der Waals surface area contributed by atoms with Crippen molar-refractivity contribution >= 4 is 16.3 Å². The lowest BCUT2D eigenvalue weighted by molar-refractivity contribution is 0.103. The third kappa shape index (κ3) is 1.95. The van der Waals surface area contributed by atoms with Crippen molar-refractivity contribution in [2.24, 2.45) is 0 Å². The summed E-state index contributed by atoms with van der Waals surface area (Å²) in [6, 6.07) is 0.324. The minimum Gasteiger partial charge on any atom is -0.379 e. The third-order valence-electron chi connectivity index (χ3n) is 4.02. The van der Waals surface area contributed by atoms with E-state index in [1.165, 1.54) is 0 Å². The molecule has 2 aliphatic rings. The average molecular weight is 295 g/mol. The molecule has 0 bridgehead atoms. The molecule has 2 aromatic rings. The number of ether oxygens (including phenoxy) is 2. The van der Waals surface area contributed by atoms with E-state index in [1.54, 1.807) is 11.3 Å². The maximum absolute atomic E-state index is 5.69. The molecule has 20 heavy (non-hydrogen) atoms. The minimum atomic E-state index is 0.0416. The Labute approximate surface area is 120 Å². The number of nitrogens with zero attached hydrogens (tertiary/aromatic N) is 4. The predicted octanol–water partition coefficient (Wildman–Crippen LogP) is 0.739. The van der Waals surface area contributed by atoms with Gasteiger partial charge in [-0.15, -0.1) is 10.2 Å². The summed E-state index contributed by atoms with van der Waals surface area (Å²) in [6.45, 7) is 2.25. The fourth-order valence-electron chi connectivity index (χ4n) is 2.86. The van der Waals surface area contributed by atoms with Gasteiger partial charge in [0.1, 0.15) is 11.1 Å². The summed E-state index contributed by atoms with van der Waals surface area (Å²) >= 11 is 1.60. The molecule has 0 saturated carbocycles. The number of hydrogen-bond acceptors (Lipinski definition) is 7. The maximum Gasteiger partial charge on any atom is 0.234 e. The highest BCUT2D eigenvalue weighted by Gasteiger charge is 2.33. The van der Waals surface area contributed by atoms with Gasteiger partial charge in [-0.2, -0.15) is 9.61 Å². The molecule has 0 aliphatic carbocycles. The van der Waals surface area contributed by atoms with Gasteiger partial charge in [-0.3, -0.25) is 0 Å². The van der Waals surface area contributed by atoms with Gasteiger partial charge < -0.3 is 14.8 Å². The molecule has 2 aromatic heterocycles. The number of hydrogen-bond donors (Lipinski definition) is 1. The first-order chi connectivity index (χ1) is 9.86. The van der Waals surface area contributed by atoms with Gasteiger partial charge in [0, 0.05) is 12.6 Å². The zero-order chi connectivity index (χ0) is 13.5. The van der Waals surface area contributed by atoms with Gasteiger partial charge in [0.05, 0.1) is 19.1 Å². The van der Waals surface area contributed by atoms with E-state index in [0.29, 0.717) is 18.6 Å². The molecule has 4 rings (SSSR count). The molecule has 2 saturated heterocycles. The van der Waals surface area contributed by atoms with Gasteiger partial charge >= 0.3 is 0 Å². The lowest BCUT2D eigenvalue weighted by atomic mass is 10.1. The molecule has 3 unspecified atom stereocenters. The Morgan fingerprint density at radius 3 is 3.10 bits per heavy atom. The molecule has 7 nitrogen and oxygen atoms in total. The first-order valence-electron chi connectivity index (χ1n) is 6.95. The van der Waals surface area contributed by atoms with Crippen LogP contribution in [0, 0.1) is 0 Å². The molecule has 3 atom stereocenters. The molecule has 8 heteroatoms. The van der Waals surface area contributed by atoms with Gasteiger partial charge in [-0.05, 0) is 19.9 Å². The Morgan fingerprint density at radius 1 is 1.35 bits per heavy atom. The first kappa shape index (κ1) is 12.6. The number of likely N-dealkylation sites (N-methyl/N-ethyl adjacent to an activating group) is 1. The summed E-state index contributed by atoms with van der Waals surface area (Å²) in [7, 11) is 1.96. The van der Waals surface area contributed by atoms with Gasteiger partial charge in [0.25, 0.3) is 0 Å². The Bertz CT molecular complexity index is 606. The largest absolute Gasteiger partial charge is 0.379 e. The SMILES string of the molecule is CNC1COCC1c1nn2c(C3CCCO3)nnc2s1. The van der Waals surface area contributed by atoms with Crippen LogP contribution in [-0.2, 0) is 9.47 Å². The van der Waals surface area contributed by atoms with Crippen molar-refractivity contribution in [2.45, 2.75) is 30.9 Å². The van der Waals surface area contributed by atoms with Crippen LogP contribution in [0.4, 0.5) is 0 Å². The second kappa shape index (κ2) is 5.03. The lowest BCUT2D eigenvalue weighted by Crippen LogP contribution is -2.31. The third-order valence-corrected chi connectivity index (χ3v) is 5.05. The minimum absolute atomic E-state index is 0.0416. The summed E-state index contributed by atoms with van der Waals surface area (Å²) in [5, 5.41) is 17.5. The van der Waals surface area contributed by atoms with Crippen LogP contribution in [0.25, 0.3) is 4.96 Å². The summed E-state index contributed by atoms with van der Waals surface area (Å²) in [5.74, 6) is 1.13. The van der Waals surface area contributed by atoms with Crippen LogP contribution >= 0.6 is 11.3 Å². The highest BCUT2D eigenvalue weighted by molar-refractivity contribution is 7.16. The molecular formula is C12H17N5O2S. The normalized spacial score (nSPS) is 30.6. The van der Waals surface area contributed by atoms with Gasteiger partial charge in [0.15, 0.2) is 5.82 Å². The van der Waals surface area contributed by atoms with Crippen molar-refractivity contribution in [1.29, 1.82) is 0 Å². The molecule has 0 radical (unpaired) electrons. The van der Waals surface area contributed by atoms with E-state index in [9.17, 15) is 0 Å². The number of fused-ring (bicyclic) bond motifs is 1. The topological polar surface area (TPSA) is 73.6 Å². The smallest absolute Gasteiger partial charge is 0.234 e. The summed E-state index contributed by atoms with van der Waals surface area (Å²) in [5.41, 5.74) is 0. The van der Waals surface area contributed by atoms with E-state index < -0.39 is 0 Å². The molecular weight excluding hydrogens is 278 g/mol. The van der Waals surface area contributed by atoms with Crippen LogP contribution in [-0.4, -0.2) is 52.7 Å². The average Bonchev–Trinajstić information content (AvgIpc) is 3.20. The van der Waals surface area contributed by atoms with E-state index in [0.717, 1.165) is 41.8 Å². The highest BCUT2D eigenvalue weighted by Crippen LogP contribution is 2.32. The van der Waals surface area contributed by atoms with E-state index in [2.05, 4.69) is 15.5 Å². The lowest BCUT2D eigenvalue weighted by Gasteiger charge is -2.13. The molecule has 1 N–H and O–H groups in total. The number of aromatic nitrogens is 4. The summed E-state index contributed by atoms with van der Waals surface area (Å²) in [6.07, 6.45) is 2.12. The molecule has 2 aliphatic heterocycles. The molecule has 0 aromatic carbocycles. The van der Waals surface area contributed by atoms with Crippen molar-refractivity contribution in [3.05, 3.63) is 10.8 Å². The molecule has 108 valence electrons. The van der Waals surface area contributed by atoms with E-state index >= 15 is 0 Å². The molecule has 2 fully saturated rings. The summed E-state index contributed by atoms with van der Waals surface area (Å²) < 4.78 is 13.1. The second-order valence-corrected chi connectivity index (χ2v) is 6.22. The van der Waals surface area contributed by atoms with Crippen LogP contribution in [0.3, 0.4) is 0 Å². The van der Waals surface area contributed by atoms with Crippen LogP contribution < -0.4 is 5.32 Å². The molecule has 0 spiro atoms. The number of rotatable bonds is 3. The monoisotopic (exact) mass is 295 g/mol. The molecule has 0 amide bonds. The van der Waals surface area contributed by atoms with Crippen LogP contribution in [0.2, 0.25) is 0 Å². The first-order valence-corrected chi connectivity index (χ1v) is 7.77. The van der Waals surface area contributed by atoms with Crippen molar-refractivity contribution in [3.63, 3.8) is 0 Å². The van der Waals surface area contributed by atoms with Crippen LogP contribution in [0.1, 0.15) is 35.7 Å². The Kier molecular flexibility index (Phi) is 3.18. The zero-order valence-electron chi connectivity index (χ0n) is 11.3. The second-order valence-electron chi connectivity index (χ2n) is 5.23. The van der Waals surface area contributed by atoms with Gasteiger partial charge in [0.2, 0.25) is 4.96 Å². The van der Waals surface area contributed by atoms with E-state index in [-0.39, 0.29) is 6.10 Å². The number of nitrogens with one attached hydrogen (secondary N) is 1. The fraction of sp³-hybridized carbons (Fsp3) is 0.750. The van der Waals surface area contributed by atoms with Crippen molar-refractivity contribution in [1.82, 2.24) is 25.1 Å². The zero-order valence-corrected chi connectivity index (χ0v) is 12.1. The van der Waals surface area contributed by atoms with E-state index in [1.807, 2.05) is 11.6 Å². The Morgan fingerprint density at radius 2 is 2.30 bits per heavy atom. The fourth-order valence-corrected chi connectivity index (χ4v) is 3.86. The standard InChI is InChI=1S/C12H17N5O2S/c1-13-8-6-18-5-7(8)11-16-17-10(9-3-2-4-19-9)14-15-12(17)20-11/h7-9,13H,2-6H2,1H3. The van der Waals surface area contributed by atoms with Gasteiger partial charge in [-0.1, -0.05) is 11.3 Å². The highest BCUT2D eigenvalue weighted by atomic mass is 32.1. The van der Waals surface area contributed by atoms with Crippen molar-refractivity contribution in [2.75, 3.05) is 26.9 Å². The van der Waals surface area contributed by atoms with Crippen molar-refractivity contribution < 1.29 is 9.47 Å². The van der Waals surface area contributed by atoms with E-state index in [4.69, 9.17) is 14.6 Å². The molecule has 4 heterocycles. The Hall–Kier alpha value is -1.09. The van der Waals surface area contributed by atoms with Gasteiger partial charge in [-0.25, -0.2) is 0 Å². The predicted molar refractivity (Wildman–Crippen MR) is 73.0 cm³/mol. The quantitative estimate of drug-likeness (QED) is 0.900.